The Hall–Kier alpha value is -6.36. The highest BCUT2D eigenvalue weighted by atomic mass is 28.6. The summed E-state index contributed by atoms with van der Waals surface area (Å²) in [7, 11) is -55.1. The van der Waals surface area contributed by atoms with Gasteiger partial charge in [-0.1, -0.05) is 185 Å². The Bertz CT molecular complexity index is 3660. The summed E-state index contributed by atoms with van der Waals surface area (Å²) >= 11 is 0. The van der Waals surface area contributed by atoms with Gasteiger partial charge in [0, 0.05) is 84.0 Å². The monoisotopic (exact) mass is 1580 g/mol. The lowest BCUT2D eigenvalue weighted by atomic mass is 10.4. The molecule has 5 aromatic carbocycles. The lowest BCUT2D eigenvalue weighted by Crippen LogP contribution is -2.88. The van der Waals surface area contributed by atoms with Gasteiger partial charge in [0.25, 0.3) is 0 Å². The molecular weight excluding hydrogens is 1490 g/mol. The van der Waals surface area contributed by atoms with Crippen molar-refractivity contribution in [2.75, 3.05) is 33.0 Å². The first-order chi connectivity index (χ1) is 48.4. The molecule has 0 radical (unpaired) electrons. The third-order valence-electron chi connectivity index (χ3n) is 15.5. The number of fused-ring (bicyclic) bond motifs is 6. The van der Waals surface area contributed by atoms with Crippen LogP contribution in [0, 0.1) is 0 Å². The SMILES string of the molecule is C=C(C)C(=O)OCCC[Si]1(O)O[Si](O)(c2ccccc2)O[Si]2(CCCOC(=O)C(=C)C)O[Si](c3ccccc3)(O1)O[Si]1(CCCOC(=O)C(=C)C)O[Si]3(c4ccccc4)O[Si](O)(CCCOC(=O)C(=C)C)O[Si](O)(c4ccccc4)O[Si](CCCOC(=O)C(=C)C)(O3)O[Si](c3ccccc3)(O2)O1. The molecule has 4 N–H and O–H groups in total. The Morgan fingerprint density at radius 3 is 0.706 bits per heavy atom. The number of hydrogen-bond acceptors (Lipinski definition) is 27. The molecule has 5 aromatic rings. The molecule has 0 amide bonds. The van der Waals surface area contributed by atoms with Crippen molar-refractivity contribution in [3.63, 3.8) is 0 Å². The minimum absolute atomic E-state index is 0.0106. The molecule has 6 bridgehead atoms. The second kappa shape index (κ2) is 33.8. The van der Waals surface area contributed by atoms with Gasteiger partial charge < -0.3 is 96.4 Å². The number of benzene rings is 5. The van der Waals surface area contributed by atoms with Crippen molar-refractivity contribution in [2.45, 2.75) is 96.9 Å². The van der Waals surface area contributed by atoms with Gasteiger partial charge in [-0.15, -0.1) is 0 Å². The van der Waals surface area contributed by atoms with Crippen LogP contribution in [-0.4, -0.2) is 170 Å². The molecular formula is C65H84O27Si10. The maximum atomic E-state index is 13.9. The van der Waals surface area contributed by atoms with Gasteiger partial charge in [0.1, 0.15) is 0 Å². The van der Waals surface area contributed by atoms with E-state index >= 15 is 0 Å². The molecule has 102 heavy (non-hydrogen) atoms. The lowest BCUT2D eigenvalue weighted by molar-refractivity contribution is -0.139. The molecule has 4 aliphatic heterocycles. The van der Waals surface area contributed by atoms with E-state index in [1.807, 2.05) is 0 Å². The van der Waals surface area contributed by atoms with E-state index in [-0.39, 0.29) is 112 Å². The van der Waals surface area contributed by atoms with Crippen LogP contribution in [-0.2, 0) is 101 Å². The maximum absolute atomic E-state index is 13.9. The highest BCUT2D eigenvalue weighted by Gasteiger charge is 2.80. The predicted molar refractivity (Wildman–Crippen MR) is 387 cm³/mol. The first-order valence-electron chi connectivity index (χ1n) is 32.8. The largest absolute Gasteiger partial charge is 0.519 e. The zero-order chi connectivity index (χ0) is 73.7. The van der Waals surface area contributed by atoms with Crippen molar-refractivity contribution in [1.29, 1.82) is 0 Å². The first-order valence-corrected chi connectivity index (χ1v) is 51.2. The number of hydrogen-bond donors (Lipinski definition) is 4. The molecule has 0 spiro atoms. The van der Waals surface area contributed by atoms with E-state index in [1.54, 1.807) is 127 Å². The summed E-state index contributed by atoms with van der Waals surface area (Å²) in [6.07, 6.45) is -1.03. The van der Waals surface area contributed by atoms with Gasteiger partial charge in [-0.2, -0.15) is 0 Å². The van der Waals surface area contributed by atoms with Gasteiger partial charge >= 0.3 is 118 Å². The average molecular weight is 1580 g/mol. The van der Waals surface area contributed by atoms with Crippen LogP contribution in [0.4, 0.5) is 0 Å². The zero-order valence-electron chi connectivity index (χ0n) is 57.3. The normalized spacial score (nSPS) is 29.1. The van der Waals surface area contributed by atoms with Crippen molar-refractivity contribution in [1.82, 2.24) is 0 Å². The molecule has 546 valence electrons. The highest BCUT2D eigenvalue weighted by Crippen LogP contribution is 2.48. The van der Waals surface area contributed by atoms with E-state index in [0.717, 1.165) is 0 Å². The van der Waals surface area contributed by atoms with E-state index < -0.39 is 155 Å². The third kappa shape index (κ3) is 19.8. The summed E-state index contributed by atoms with van der Waals surface area (Å²) in [6, 6.07) is 37.5. The fourth-order valence-corrected chi connectivity index (χ4v) is 61.7. The van der Waals surface area contributed by atoms with E-state index in [1.165, 1.54) is 58.9 Å². The van der Waals surface area contributed by atoms with Crippen LogP contribution in [0.1, 0.15) is 66.7 Å². The number of rotatable bonds is 30. The molecule has 4 saturated heterocycles. The fraction of sp³-hybridized carbons (Fsp3) is 0.308. The predicted octanol–water partition coefficient (Wildman–Crippen LogP) is 4.70. The van der Waals surface area contributed by atoms with Crippen molar-refractivity contribution in [2.24, 2.45) is 0 Å². The number of esters is 5. The van der Waals surface area contributed by atoms with E-state index in [4.69, 9.17) is 77.2 Å². The van der Waals surface area contributed by atoms with Crippen LogP contribution in [0.25, 0.3) is 0 Å². The fourth-order valence-electron chi connectivity index (χ4n) is 10.7. The third-order valence-corrected chi connectivity index (χ3v) is 56.0. The second-order valence-corrected chi connectivity index (χ2v) is 53.2. The minimum atomic E-state index is -5.69. The van der Waals surface area contributed by atoms with Crippen LogP contribution < -0.4 is 25.9 Å². The summed E-state index contributed by atoms with van der Waals surface area (Å²) in [6.45, 7) is 24.2. The van der Waals surface area contributed by atoms with Crippen molar-refractivity contribution in [3.8, 4) is 0 Å². The molecule has 9 rings (SSSR count). The average Bonchev–Trinajstić information content (AvgIpc) is 0.694. The van der Waals surface area contributed by atoms with Gasteiger partial charge in [-0.3, -0.25) is 0 Å². The Balaban J connectivity index is 1.42. The number of carbonyl (C=O) groups excluding carboxylic acids is 5. The molecule has 8 atom stereocenters. The van der Waals surface area contributed by atoms with Gasteiger partial charge in [-0.05, 0) is 66.7 Å². The van der Waals surface area contributed by atoms with Gasteiger partial charge in [0.05, 0.1) is 33.0 Å². The van der Waals surface area contributed by atoms with E-state index in [2.05, 4.69) is 32.9 Å². The molecule has 27 nitrogen and oxygen atoms in total. The molecule has 4 heterocycles. The van der Waals surface area contributed by atoms with E-state index in [9.17, 15) is 43.2 Å². The quantitative estimate of drug-likeness (QED) is 0.0159. The van der Waals surface area contributed by atoms with Crippen LogP contribution >= 0.6 is 0 Å². The number of ether oxygens (including phenoxy) is 5. The van der Waals surface area contributed by atoms with Crippen LogP contribution in [0.3, 0.4) is 0 Å². The van der Waals surface area contributed by atoms with Crippen LogP contribution in [0.15, 0.2) is 212 Å². The van der Waals surface area contributed by atoms with Crippen LogP contribution in [0.2, 0.25) is 30.2 Å². The first kappa shape index (κ1) is 79.7. The van der Waals surface area contributed by atoms with E-state index in [0.29, 0.717) is 0 Å². The molecule has 8 unspecified atom stereocenters. The summed E-state index contributed by atoms with van der Waals surface area (Å²) in [5.74, 6) is -3.76. The smallest absolute Gasteiger partial charge is 0.462 e. The maximum Gasteiger partial charge on any atom is 0.519 e. The van der Waals surface area contributed by atoms with Crippen molar-refractivity contribution < 1.29 is 120 Å². The molecule has 4 aliphatic rings. The Labute approximate surface area is 602 Å². The standard InChI is InChI=1S/C65H84O27Si10/c1-51(2)61(66)75-41-26-46-93(71)80-98(73,56-31-16-11-17-32-56)84-95(48-28-43-77-63(68)53(5)6)86-100(82-93,58-35-20-13-21-36-58)90-97(50-30-45-79-65(70)55(9)10)91-101(59-37-22-14-23-38-59)83-94(72,47-27-42-76-62(67)52(3)4)81-99(74,57-33-18-12-19-34-57)85-96(87-101,49-29-44-78-64(69)54(7)8)89-102(88-95,92-97)60-39-24-15-25-40-60/h11-25,31-40,71-74H,1,3,5,7,9,26-30,41-50H2,2,4,6,8,10H3. The topological polar surface area (TPSA) is 332 Å². The Morgan fingerprint density at radius 2 is 0.480 bits per heavy atom. The lowest BCUT2D eigenvalue weighted by Gasteiger charge is -2.58. The van der Waals surface area contributed by atoms with Gasteiger partial charge in [0.2, 0.25) is 0 Å². The zero-order valence-corrected chi connectivity index (χ0v) is 67.3. The Kier molecular flexibility index (Phi) is 26.4. The highest BCUT2D eigenvalue weighted by molar-refractivity contribution is 7.06. The summed E-state index contributed by atoms with van der Waals surface area (Å²) in [4.78, 5) is 121. The molecule has 0 aliphatic carbocycles. The van der Waals surface area contributed by atoms with Gasteiger partial charge in [0.15, 0.2) is 0 Å². The van der Waals surface area contributed by atoms with Crippen molar-refractivity contribution >= 4 is 144 Å². The molecule has 0 aromatic heterocycles. The molecule has 37 heteroatoms. The summed E-state index contributed by atoms with van der Waals surface area (Å²) in [5.41, 5.74) is 0.372. The number of carbonyl (C=O) groups is 5. The summed E-state index contributed by atoms with van der Waals surface area (Å²) < 4.78 is 128. The summed E-state index contributed by atoms with van der Waals surface area (Å²) in [5, 5.41) is 0.170. The Morgan fingerprint density at radius 1 is 0.284 bits per heavy atom. The van der Waals surface area contributed by atoms with Gasteiger partial charge in [-0.25, -0.2) is 24.0 Å². The van der Waals surface area contributed by atoms with Crippen LogP contribution in [0.5, 0.6) is 0 Å². The molecule has 0 saturated carbocycles. The second-order valence-electron chi connectivity index (χ2n) is 24.6. The minimum Gasteiger partial charge on any atom is -0.462 e. The molecule has 4 fully saturated rings. The van der Waals surface area contributed by atoms with Crippen molar-refractivity contribution in [3.05, 3.63) is 212 Å².